The van der Waals surface area contributed by atoms with Crippen molar-refractivity contribution >= 4 is 22.6 Å². The van der Waals surface area contributed by atoms with Crippen LogP contribution in [0.5, 0.6) is 0 Å². The molecular weight excluding hydrogens is 388 g/mol. The maximum Gasteiger partial charge on any atom is 0.255 e. The van der Waals surface area contributed by atoms with Gasteiger partial charge >= 0.3 is 0 Å². The summed E-state index contributed by atoms with van der Waals surface area (Å²) >= 11 is 0. The van der Waals surface area contributed by atoms with Crippen LogP contribution in [-0.4, -0.2) is 38.7 Å². The van der Waals surface area contributed by atoms with E-state index in [2.05, 4.69) is 25.8 Å². The smallest absolute Gasteiger partial charge is 0.255 e. The molecule has 0 aliphatic rings. The Bertz CT molecular complexity index is 1160. The van der Waals surface area contributed by atoms with Gasteiger partial charge in [-0.3, -0.25) is 14.9 Å². The standard InChI is InChI=1S/C24H26N6O/c1-16(2)29-23-21(24(31)26-9-3-4-17-7-10-25-11-8-17)13-19-12-18(5-6-22(19)30-23)20-14-27-28-15-20/h5-8,10-16H,3-4,9H2,1-2H3,(H,26,31)(H,27,28)(H,29,30). The topological polar surface area (TPSA) is 95.6 Å². The number of H-pyrrole nitrogens is 1. The van der Waals surface area contributed by atoms with Gasteiger partial charge in [-0.1, -0.05) is 6.07 Å². The van der Waals surface area contributed by atoms with Gasteiger partial charge in [0.05, 0.1) is 17.3 Å². The van der Waals surface area contributed by atoms with Crippen LogP contribution in [0, 0.1) is 0 Å². The normalized spacial score (nSPS) is 11.1. The van der Waals surface area contributed by atoms with Gasteiger partial charge in [-0.25, -0.2) is 4.98 Å². The summed E-state index contributed by atoms with van der Waals surface area (Å²) in [6.07, 6.45) is 8.95. The van der Waals surface area contributed by atoms with Gasteiger partial charge in [0.25, 0.3) is 5.91 Å². The monoisotopic (exact) mass is 414 g/mol. The molecule has 3 N–H and O–H groups in total. The van der Waals surface area contributed by atoms with Crippen molar-refractivity contribution in [2.45, 2.75) is 32.7 Å². The van der Waals surface area contributed by atoms with Crippen LogP contribution >= 0.6 is 0 Å². The zero-order valence-electron chi connectivity index (χ0n) is 17.7. The van der Waals surface area contributed by atoms with Gasteiger partial charge in [0, 0.05) is 42.1 Å². The van der Waals surface area contributed by atoms with E-state index in [1.54, 1.807) is 18.6 Å². The largest absolute Gasteiger partial charge is 0.367 e. The number of aromatic nitrogens is 4. The highest BCUT2D eigenvalue weighted by Gasteiger charge is 2.15. The lowest BCUT2D eigenvalue weighted by molar-refractivity contribution is 0.0954. The number of hydrogen-bond acceptors (Lipinski definition) is 5. The van der Waals surface area contributed by atoms with Gasteiger partial charge in [-0.15, -0.1) is 0 Å². The van der Waals surface area contributed by atoms with Crippen molar-refractivity contribution in [3.05, 3.63) is 72.3 Å². The highest BCUT2D eigenvalue weighted by Crippen LogP contribution is 2.26. The minimum atomic E-state index is -0.124. The molecule has 0 bridgehead atoms. The molecule has 0 atom stereocenters. The van der Waals surface area contributed by atoms with Crippen LogP contribution in [0.4, 0.5) is 5.82 Å². The number of nitrogens with zero attached hydrogens (tertiary/aromatic N) is 3. The fourth-order valence-electron chi connectivity index (χ4n) is 3.46. The second-order valence-electron chi connectivity index (χ2n) is 7.79. The molecule has 7 nitrogen and oxygen atoms in total. The summed E-state index contributed by atoms with van der Waals surface area (Å²) in [6, 6.07) is 12.1. The Morgan fingerprint density at radius 1 is 1.10 bits per heavy atom. The van der Waals surface area contributed by atoms with Gasteiger partial charge in [0.1, 0.15) is 5.82 Å². The summed E-state index contributed by atoms with van der Waals surface area (Å²) in [4.78, 5) is 21.8. The Labute approximate surface area is 181 Å². The SMILES string of the molecule is CC(C)Nc1nc2ccc(-c3cn[nH]c3)cc2cc1C(=O)NCCCc1ccncc1. The molecule has 4 aromatic rings. The number of rotatable bonds is 8. The van der Waals surface area contributed by atoms with Crippen molar-refractivity contribution in [1.29, 1.82) is 0 Å². The van der Waals surface area contributed by atoms with E-state index in [1.165, 1.54) is 5.56 Å². The van der Waals surface area contributed by atoms with Crippen LogP contribution in [0.3, 0.4) is 0 Å². The van der Waals surface area contributed by atoms with E-state index in [4.69, 9.17) is 4.98 Å². The predicted molar refractivity (Wildman–Crippen MR) is 123 cm³/mol. The number of carbonyl (C=O) groups excluding carboxylic acids is 1. The van der Waals surface area contributed by atoms with Gasteiger partial charge in [-0.05, 0) is 68.1 Å². The number of aromatic amines is 1. The molecule has 0 saturated carbocycles. The summed E-state index contributed by atoms with van der Waals surface area (Å²) in [5, 5.41) is 14.1. The minimum Gasteiger partial charge on any atom is -0.367 e. The first-order valence-electron chi connectivity index (χ1n) is 10.5. The molecule has 31 heavy (non-hydrogen) atoms. The number of fused-ring (bicyclic) bond motifs is 1. The Balaban J connectivity index is 1.54. The third kappa shape index (κ3) is 5.06. The van der Waals surface area contributed by atoms with E-state index >= 15 is 0 Å². The molecule has 7 heteroatoms. The second-order valence-corrected chi connectivity index (χ2v) is 7.79. The van der Waals surface area contributed by atoms with Crippen LogP contribution in [0.2, 0.25) is 0 Å². The Hall–Kier alpha value is -3.74. The lowest BCUT2D eigenvalue weighted by Gasteiger charge is -2.15. The zero-order valence-corrected chi connectivity index (χ0v) is 17.7. The summed E-state index contributed by atoms with van der Waals surface area (Å²) in [6.45, 7) is 4.66. The van der Waals surface area contributed by atoms with E-state index in [1.807, 2.05) is 56.4 Å². The van der Waals surface area contributed by atoms with Crippen molar-refractivity contribution in [3.8, 4) is 11.1 Å². The lowest BCUT2D eigenvalue weighted by Crippen LogP contribution is -2.27. The first-order chi connectivity index (χ1) is 15.1. The Kier molecular flexibility index (Phi) is 6.21. The molecular formula is C24H26N6O. The third-order valence-electron chi connectivity index (χ3n) is 4.99. The molecule has 0 spiro atoms. The van der Waals surface area contributed by atoms with Crippen LogP contribution in [0.1, 0.15) is 36.2 Å². The lowest BCUT2D eigenvalue weighted by atomic mass is 10.0. The number of benzene rings is 1. The number of anilines is 1. The minimum absolute atomic E-state index is 0.124. The number of amides is 1. The van der Waals surface area contributed by atoms with E-state index < -0.39 is 0 Å². The van der Waals surface area contributed by atoms with Crippen molar-refractivity contribution in [2.24, 2.45) is 0 Å². The van der Waals surface area contributed by atoms with Gasteiger partial charge < -0.3 is 10.6 Å². The molecule has 0 radical (unpaired) electrons. The van der Waals surface area contributed by atoms with E-state index in [9.17, 15) is 4.79 Å². The highest BCUT2D eigenvalue weighted by atomic mass is 16.1. The van der Waals surface area contributed by atoms with Crippen LogP contribution in [-0.2, 0) is 6.42 Å². The summed E-state index contributed by atoms with van der Waals surface area (Å²) < 4.78 is 0. The average molecular weight is 415 g/mol. The van der Waals surface area contributed by atoms with Crippen molar-refractivity contribution < 1.29 is 4.79 Å². The molecule has 158 valence electrons. The molecule has 4 rings (SSSR count). The molecule has 0 saturated heterocycles. The number of carbonyl (C=O) groups is 1. The first kappa shape index (κ1) is 20.5. The maximum atomic E-state index is 13.0. The number of pyridine rings is 2. The van der Waals surface area contributed by atoms with E-state index in [0.29, 0.717) is 17.9 Å². The van der Waals surface area contributed by atoms with E-state index in [0.717, 1.165) is 34.9 Å². The zero-order chi connectivity index (χ0) is 21.6. The van der Waals surface area contributed by atoms with Crippen molar-refractivity contribution in [1.82, 2.24) is 25.5 Å². The van der Waals surface area contributed by atoms with Crippen molar-refractivity contribution in [2.75, 3.05) is 11.9 Å². The van der Waals surface area contributed by atoms with Gasteiger partial charge in [0.15, 0.2) is 0 Å². The maximum absolute atomic E-state index is 13.0. The highest BCUT2D eigenvalue weighted by molar-refractivity contribution is 6.02. The van der Waals surface area contributed by atoms with Gasteiger partial charge in [0.2, 0.25) is 0 Å². The number of nitrogens with one attached hydrogen (secondary N) is 3. The average Bonchev–Trinajstić information content (AvgIpc) is 3.31. The quantitative estimate of drug-likeness (QED) is 0.376. The van der Waals surface area contributed by atoms with Crippen molar-refractivity contribution in [3.63, 3.8) is 0 Å². The summed E-state index contributed by atoms with van der Waals surface area (Å²) in [5.41, 5.74) is 4.62. The van der Waals surface area contributed by atoms with Crippen LogP contribution in [0.15, 0.2) is 61.2 Å². The molecule has 3 heterocycles. The Morgan fingerprint density at radius 2 is 1.94 bits per heavy atom. The molecule has 1 amide bonds. The molecule has 0 aliphatic heterocycles. The molecule has 1 aromatic carbocycles. The predicted octanol–water partition coefficient (Wildman–Crippen LogP) is 4.20. The Morgan fingerprint density at radius 3 is 2.68 bits per heavy atom. The molecule has 0 aliphatic carbocycles. The molecule has 0 unspecified atom stereocenters. The third-order valence-corrected chi connectivity index (χ3v) is 4.99. The van der Waals surface area contributed by atoms with Crippen LogP contribution < -0.4 is 10.6 Å². The molecule has 3 aromatic heterocycles. The van der Waals surface area contributed by atoms with Gasteiger partial charge in [-0.2, -0.15) is 5.10 Å². The second kappa shape index (κ2) is 9.38. The summed E-state index contributed by atoms with van der Waals surface area (Å²) in [7, 11) is 0. The number of aryl methyl sites for hydroxylation is 1. The fraction of sp³-hybridized carbons (Fsp3) is 0.250. The summed E-state index contributed by atoms with van der Waals surface area (Å²) in [5.74, 6) is 0.478. The van der Waals surface area contributed by atoms with E-state index in [-0.39, 0.29) is 11.9 Å². The number of hydrogen-bond donors (Lipinski definition) is 3. The molecule has 0 fully saturated rings. The fourth-order valence-corrected chi connectivity index (χ4v) is 3.46. The van der Waals surface area contributed by atoms with Crippen LogP contribution in [0.25, 0.3) is 22.0 Å². The first-order valence-corrected chi connectivity index (χ1v) is 10.5.